The Hall–Kier alpha value is -2.37. The molecule has 0 amide bonds. The molecule has 0 aromatic carbocycles. The van der Waals surface area contributed by atoms with Gasteiger partial charge in [-0.15, -0.1) is 0 Å². The van der Waals surface area contributed by atoms with E-state index in [-0.39, 0.29) is 31.1 Å². The number of esters is 3. The van der Waals surface area contributed by atoms with Gasteiger partial charge in [0.2, 0.25) is 0 Å². The van der Waals surface area contributed by atoms with Crippen molar-refractivity contribution >= 4 is 17.9 Å². The van der Waals surface area contributed by atoms with E-state index in [1.165, 1.54) is 154 Å². The summed E-state index contributed by atoms with van der Waals surface area (Å²) >= 11 is 0. The maximum atomic E-state index is 12.8. The van der Waals surface area contributed by atoms with Crippen LogP contribution in [0.25, 0.3) is 0 Å². The zero-order valence-corrected chi connectivity index (χ0v) is 40.0. The molecule has 0 heterocycles. The lowest BCUT2D eigenvalue weighted by molar-refractivity contribution is -0.167. The Morgan fingerprint density at radius 2 is 0.600 bits per heavy atom. The van der Waals surface area contributed by atoms with Crippen LogP contribution in [0.2, 0.25) is 0 Å². The smallest absolute Gasteiger partial charge is 0.306 e. The molecule has 0 N–H and O–H groups in total. The van der Waals surface area contributed by atoms with E-state index in [1.807, 2.05) is 0 Å². The van der Waals surface area contributed by atoms with Gasteiger partial charge in [-0.2, -0.15) is 0 Å². The fourth-order valence-electron chi connectivity index (χ4n) is 7.41. The van der Waals surface area contributed by atoms with Crippen molar-refractivity contribution in [3.8, 4) is 0 Å². The highest BCUT2D eigenvalue weighted by Gasteiger charge is 2.19. The van der Waals surface area contributed by atoms with Gasteiger partial charge in [0.1, 0.15) is 13.2 Å². The number of allylic oxidation sites excluding steroid dienone is 6. The fourth-order valence-corrected chi connectivity index (χ4v) is 7.41. The van der Waals surface area contributed by atoms with E-state index in [1.54, 1.807) is 0 Å². The molecule has 1 atom stereocenters. The van der Waals surface area contributed by atoms with E-state index in [0.717, 1.165) is 77.0 Å². The SMILES string of the molecule is CCCCC/C=C\C/C=C\CCCCCCCC(=O)OC[C@H](COC(=O)CCCCCCCCC/C=C\CCCCCC)OC(=O)CCCCCCCCCCCCCC. The molecule has 6 heteroatoms. The summed E-state index contributed by atoms with van der Waals surface area (Å²) < 4.78 is 16.8. The van der Waals surface area contributed by atoms with Gasteiger partial charge in [-0.1, -0.05) is 211 Å². The molecule has 0 aliphatic heterocycles. The van der Waals surface area contributed by atoms with Gasteiger partial charge in [-0.05, 0) is 77.0 Å². The molecule has 0 fully saturated rings. The van der Waals surface area contributed by atoms with Crippen molar-refractivity contribution in [3.05, 3.63) is 36.5 Å². The molecule has 6 nitrogen and oxygen atoms in total. The van der Waals surface area contributed by atoms with Crippen LogP contribution < -0.4 is 0 Å². The quantitative estimate of drug-likeness (QED) is 0.0263. The van der Waals surface area contributed by atoms with Gasteiger partial charge < -0.3 is 14.2 Å². The predicted molar refractivity (Wildman–Crippen MR) is 256 cm³/mol. The normalized spacial score (nSPS) is 12.2. The second-order valence-electron chi connectivity index (χ2n) is 17.4. The van der Waals surface area contributed by atoms with Crippen LogP contribution in [0.3, 0.4) is 0 Å². The average molecular weight is 843 g/mol. The zero-order chi connectivity index (χ0) is 43.7. The summed E-state index contributed by atoms with van der Waals surface area (Å²) in [5.41, 5.74) is 0. The molecular formula is C54H98O6. The van der Waals surface area contributed by atoms with Crippen LogP contribution in [0.4, 0.5) is 0 Å². The molecule has 0 saturated carbocycles. The van der Waals surface area contributed by atoms with Crippen LogP contribution in [0, 0.1) is 0 Å². The molecule has 0 radical (unpaired) electrons. The lowest BCUT2D eigenvalue weighted by Gasteiger charge is -2.18. The van der Waals surface area contributed by atoms with Gasteiger partial charge in [0, 0.05) is 19.3 Å². The molecule has 0 aliphatic rings. The Kier molecular flexibility index (Phi) is 47.3. The minimum Gasteiger partial charge on any atom is -0.462 e. The minimum absolute atomic E-state index is 0.0762. The third-order valence-corrected chi connectivity index (χ3v) is 11.4. The summed E-state index contributed by atoms with van der Waals surface area (Å²) in [5, 5.41) is 0. The van der Waals surface area contributed by atoms with E-state index < -0.39 is 6.10 Å². The van der Waals surface area contributed by atoms with Gasteiger partial charge in [-0.25, -0.2) is 0 Å². The number of unbranched alkanes of at least 4 members (excludes halogenated alkanes) is 30. The first kappa shape index (κ1) is 57.6. The first-order valence-corrected chi connectivity index (χ1v) is 26.0. The van der Waals surface area contributed by atoms with E-state index in [4.69, 9.17) is 14.2 Å². The summed E-state index contributed by atoms with van der Waals surface area (Å²) in [6.45, 7) is 6.60. The van der Waals surface area contributed by atoms with Crippen LogP contribution in [0.1, 0.15) is 271 Å². The Labute approximate surface area is 372 Å². The van der Waals surface area contributed by atoms with Crippen molar-refractivity contribution in [1.29, 1.82) is 0 Å². The largest absolute Gasteiger partial charge is 0.462 e. The predicted octanol–water partition coefficient (Wildman–Crippen LogP) is 16.9. The summed E-state index contributed by atoms with van der Waals surface area (Å²) in [6, 6.07) is 0. The van der Waals surface area contributed by atoms with E-state index >= 15 is 0 Å². The third-order valence-electron chi connectivity index (χ3n) is 11.4. The number of carbonyl (C=O) groups is 3. The summed E-state index contributed by atoms with van der Waals surface area (Å²) in [6.07, 6.45) is 56.9. The van der Waals surface area contributed by atoms with Crippen molar-refractivity contribution in [2.75, 3.05) is 13.2 Å². The standard InChI is InChI=1S/C54H98O6/c1-4-7-10-13-16-19-22-25-27-29-32-34-37-40-43-46-52(55)58-49-51(60-54(57)48-45-42-39-36-31-24-21-18-15-12-9-6-3)50-59-53(56)47-44-41-38-35-33-30-28-26-23-20-17-14-11-8-5-2/h16,19-20,23,25,27,51H,4-15,17-18,21-22,24,26,28-50H2,1-3H3/b19-16-,23-20-,27-25-/t51-/m1/s1. The maximum absolute atomic E-state index is 12.8. The highest BCUT2D eigenvalue weighted by atomic mass is 16.6. The van der Waals surface area contributed by atoms with Crippen LogP contribution in [0.15, 0.2) is 36.5 Å². The van der Waals surface area contributed by atoms with Gasteiger partial charge in [0.15, 0.2) is 6.10 Å². The zero-order valence-electron chi connectivity index (χ0n) is 40.0. The Balaban J connectivity index is 4.37. The molecule has 0 saturated heterocycles. The number of carbonyl (C=O) groups excluding carboxylic acids is 3. The second-order valence-corrected chi connectivity index (χ2v) is 17.4. The first-order chi connectivity index (χ1) is 29.5. The van der Waals surface area contributed by atoms with Gasteiger partial charge in [-0.3, -0.25) is 14.4 Å². The molecule has 0 aromatic rings. The number of hydrogen-bond acceptors (Lipinski definition) is 6. The second kappa shape index (κ2) is 49.3. The van der Waals surface area contributed by atoms with Crippen LogP contribution in [0.5, 0.6) is 0 Å². The minimum atomic E-state index is -0.775. The van der Waals surface area contributed by atoms with Gasteiger partial charge >= 0.3 is 17.9 Å². The van der Waals surface area contributed by atoms with Crippen molar-refractivity contribution in [1.82, 2.24) is 0 Å². The van der Waals surface area contributed by atoms with Crippen molar-refractivity contribution in [2.45, 2.75) is 277 Å². The fraction of sp³-hybridized carbons (Fsp3) is 0.833. The lowest BCUT2D eigenvalue weighted by atomic mass is 10.0. The van der Waals surface area contributed by atoms with Crippen molar-refractivity contribution in [2.24, 2.45) is 0 Å². The van der Waals surface area contributed by atoms with E-state index in [0.29, 0.717) is 19.3 Å². The summed E-state index contributed by atoms with van der Waals surface area (Å²) in [5.74, 6) is -0.885. The first-order valence-electron chi connectivity index (χ1n) is 26.0. The Morgan fingerprint density at radius 1 is 0.333 bits per heavy atom. The van der Waals surface area contributed by atoms with Gasteiger partial charge in [0.05, 0.1) is 0 Å². The van der Waals surface area contributed by atoms with Crippen molar-refractivity contribution < 1.29 is 28.6 Å². The average Bonchev–Trinajstić information content (AvgIpc) is 3.24. The lowest BCUT2D eigenvalue weighted by Crippen LogP contribution is -2.30. The summed E-state index contributed by atoms with van der Waals surface area (Å²) in [7, 11) is 0. The topological polar surface area (TPSA) is 78.9 Å². The molecule has 60 heavy (non-hydrogen) atoms. The summed E-state index contributed by atoms with van der Waals surface area (Å²) in [4.78, 5) is 37.9. The van der Waals surface area contributed by atoms with Gasteiger partial charge in [0.25, 0.3) is 0 Å². The molecule has 0 rings (SSSR count). The molecule has 350 valence electrons. The Morgan fingerprint density at radius 3 is 0.983 bits per heavy atom. The Bertz CT molecular complexity index is 1020. The molecule has 0 bridgehead atoms. The monoisotopic (exact) mass is 843 g/mol. The number of hydrogen-bond donors (Lipinski definition) is 0. The number of rotatable bonds is 47. The number of ether oxygens (including phenoxy) is 3. The van der Waals surface area contributed by atoms with Crippen LogP contribution >= 0.6 is 0 Å². The van der Waals surface area contributed by atoms with Crippen LogP contribution in [-0.2, 0) is 28.6 Å². The van der Waals surface area contributed by atoms with Crippen LogP contribution in [-0.4, -0.2) is 37.2 Å². The maximum Gasteiger partial charge on any atom is 0.306 e. The molecule has 0 unspecified atom stereocenters. The third kappa shape index (κ3) is 46.7. The highest BCUT2D eigenvalue weighted by Crippen LogP contribution is 2.15. The molecular weight excluding hydrogens is 745 g/mol. The molecule has 0 spiro atoms. The highest BCUT2D eigenvalue weighted by molar-refractivity contribution is 5.71. The van der Waals surface area contributed by atoms with Crippen molar-refractivity contribution in [3.63, 3.8) is 0 Å². The van der Waals surface area contributed by atoms with E-state index in [2.05, 4.69) is 57.2 Å². The molecule has 0 aliphatic carbocycles. The molecule has 0 aromatic heterocycles. The van der Waals surface area contributed by atoms with E-state index in [9.17, 15) is 14.4 Å².